The molecule has 2 saturated heterocycles. The van der Waals surface area contributed by atoms with Gasteiger partial charge in [-0.05, 0) is 12.8 Å². The van der Waals surface area contributed by atoms with Gasteiger partial charge in [0.25, 0.3) is 5.91 Å². The fraction of sp³-hybridized carbons (Fsp3) is 0.526. The van der Waals surface area contributed by atoms with Crippen LogP contribution in [0.2, 0.25) is 0 Å². The van der Waals surface area contributed by atoms with E-state index in [-0.39, 0.29) is 30.9 Å². The number of cyclic esters (lactones) is 1. The molecule has 0 aliphatic carbocycles. The van der Waals surface area contributed by atoms with Crippen LogP contribution in [0.3, 0.4) is 0 Å². The first kappa shape index (κ1) is 19.8. The lowest BCUT2D eigenvalue weighted by Gasteiger charge is -2.21. The highest BCUT2D eigenvalue weighted by atomic mass is 16.6. The molecule has 0 aromatic heterocycles. The molecule has 3 rings (SSSR count). The van der Waals surface area contributed by atoms with Gasteiger partial charge in [0.15, 0.2) is 6.61 Å². The van der Waals surface area contributed by atoms with Gasteiger partial charge in [-0.3, -0.25) is 9.59 Å². The fourth-order valence-electron chi connectivity index (χ4n) is 3.61. The summed E-state index contributed by atoms with van der Waals surface area (Å²) in [5.41, 5.74) is 0.785. The smallest absolute Gasteiger partial charge is 0.417 e. The van der Waals surface area contributed by atoms with Crippen LogP contribution in [0.1, 0.15) is 18.4 Å². The van der Waals surface area contributed by atoms with E-state index in [0.717, 1.165) is 10.5 Å². The van der Waals surface area contributed by atoms with Gasteiger partial charge in [-0.25, -0.2) is 9.69 Å². The first-order chi connectivity index (χ1) is 13.5. The third kappa shape index (κ3) is 3.83. The van der Waals surface area contributed by atoms with Crippen LogP contribution in [0.25, 0.3) is 0 Å². The number of carbonyl (C=O) groups is 3. The number of benzene rings is 1. The summed E-state index contributed by atoms with van der Waals surface area (Å²) >= 11 is 0. The van der Waals surface area contributed by atoms with E-state index in [4.69, 9.17) is 18.9 Å². The lowest BCUT2D eigenvalue weighted by atomic mass is 10.1. The summed E-state index contributed by atoms with van der Waals surface area (Å²) in [5.74, 6) is 1.38. The number of carbonyl (C=O) groups excluding carboxylic acids is 3. The standard InChI is InChI=1S/C19H24N2O7/c1-25-13-8-15(26-2)14(16(9-13)27-3)4-5-17(22)20-7-6-12(10-20)21-18(23)11-28-19(21)24/h8-9,12H,4-7,10-11H2,1-3H3. The van der Waals surface area contributed by atoms with Crippen LogP contribution in [0.15, 0.2) is 12.1 Å². The molecule has 2 aliphatic heterocycles. The normalized spacial score (nSPS) is 19.0. The second-order valence-corrected chi connectivity index (χ2v) is 6.61. The lowest BCUT2D eigenvalue weighted by Crippen LogP contribution is -2.42. The molecule has 2 aliphatic rings. The molecule has 0 bridgehead atoms. The summed E-state index contributed by atoms with van der Waals surface area (Å²) in [4.78, 5) is 38.9. The Bertz CT molecular complexity index is 739. The van der Waals surface area contributed by atoms with Gasteiger partial charge in [0.1, 0.15) is 17.2 Å². The van der Waals surface area contributed by atoms with Crippen LogP contribution in [0, 0.1) is 0 Å². The van der Waals surface area contributed by atoms with Crippen LogP contribution in [-0.2, 0) is 20.7 Å². The molecule has 2 heterocycles. The highest BCUT2D eigenvalue weighted by Crippen LogP contribution is 2.35. The zero-order valence-corrected chi connectivity index (χ0v) is 16.2. The van der Waals surface area contributed by atoms with Crippen molar-refractivity contribution in [1.82, 2.24) is 9.80 Å². The monoisotopic (exact) mass is 392 g/mol. The SMILES string of the molecule is COc1cc(OC)c(CCC(=O)N2CCC(N3C(=O)COC3=O)C2)c(OC)c1. The summed E-state index contributed by atoms with van der Waals surface area (Å²) in [7, 11) is 4.66. The third-order valence-electron chi connectivity index (χ3n) is 5.07. The van der Waals surface area contributed by atoms with Crippen LogP contribution in [0.4, 0.5) is 4.79 Å². The summed E-state index contributed by atoms with van der Waals surface area (Å²) in [6, 6.07) is 3.17. The van der Waals surface area contributed by atoms with Crippen LogP contribution < -0.4 is 14.2 Å². The number of rotatable bonds is 7. The quantitative estimate of drug-likeness (QED) is 0.689. The van der Waals surface area contributed by atoms with Gasteiger partial charge in [0.2, 0.25) is 5.91 Å². The first-order valence-corrected chi connectivity index (χ1v) is 9.04. The zero-order chi connectivity index (χ0) is 20.3. The van der Waals surface area contributed by atoms with E-state index in [1.807, 2.05) is 0 Å². The van der Waals surface area contributed by atoms with Crippen molar-refractivity contribution in [3.05, 3.63) is 17.7 Å². The molecule has 0 spiro atoms. The number of ether oxygens (including phenoxy) is 4. The summed E-state index contributed by atoms with van der Waals surface area (Å²) in [5, 5.41) is 0. The number of amides is 3. The number of methoxy groups -OCH3 is 3. The van der Waals surface area contributed by atoms with Crippen molar-refractivity contribution in [3.8, 4) is 17.2 Å². The predicted octanol–water partition coefficient (Wildman–Crippen LogP) is 1.22. The van der Waals surface area contributed by atoms with Crippen LogP contribution >= 0.6 is 0 Å². The van der Waals surface area contributed by atoms with Crippen molar-refractivity contribution in [3.63, 3.8) is 0 Å². The third-order valence-corrected chi connectivity index (χ3v) is 5.07. The topological polar surface area (TPSA) is 94.6 Å². The maximum absolute atomic E-state index is 12.7. The van der Waals surface area contributed by atoms with Gasteiger partial charge in [0.05, 0.1) is 27.4 Å². The Balaban J connectivity index is 1.63. The van der Waals surface area contributed by atoms with Gasteiger partial charge in [-0.1, -0.05) is 0 Å². The second-order valence-electron chi connectivity index (χ2n) is 6.61. The molecule has 0 N–H and O–H groups in total. The average molecular weight is 392 g/mol. The van der Waals surface area contributed by atoms with E-state index in [9.17, 15) is 14.4 Å². The van der Waals surface area contributed by atoms with Crippen molar-refractivity contribution in [2.75, 3.05) is 41.0 Å². The Labute approximate surface area is 163 Å². The highest BCUT2D eigenvalue weighted by Gasteiger charge is 2.41. The van der Waals surface area contributed by atoms with E-state index in [1.165, 1.54) is 0 Å². The van der Waals surface area contributed by atoms with Crippen LogP contribution in [-0.4, -0.2) is 74.8 Å². The molecule has 9 heteroatoms. The van der Waals surface area contributed by atoms with E-state index < -0.39 is 6.09 Å². The van der Waals surface area contributed by atoms with Crippen molar-refractivity contribution < 1.29 is 33.3 Å². The van der Waals surface area contributed by atoms with Crippen molar-refractivity contribution in [1.29, 1.82) is 0 Å². The largest absolute Gasteiger partial charge is 0.496 e. The van der Waals surface area contributed by atoms with E-state index in [1.54, 1.807) is 38.4 Å². The molecule has 1 aromatic rings. The molecule has 3 amide bonds. The molecular formula is C19H24N2O7. The summed E-state index contributed by atoms with van der Waals surface area (Å²) in [6.07, 6.45) is 0.615. The molecule has 0 radical (unpaired) electrons. The Morgan fingerprint density at radius 2 is 1.82 bits per heavy atom. The number of hydrogen-bond acceptors (Lipinski definition) is 7. The predicted molar refractivity (Wildman–Crippen MR) is 97.6 cm³/mol. The number of hydrogen-bond donors (Lipinski definition) is 0. The van der Waals surface area contributed by atoms with Crippen LogP contribution in [0.5, 0.6) is 17.2 Å². The van der Waals surface area contributed by atoms with Gasteiger partial charge in [-0.15, -0.1) is 0 Å². The molecule has 152 valence electrons. The maximum atomic E-state index is 12.7. The highest BCUT2D eigenvalue weighted by molar-refractivity contribution is 5.98. The molecule has 1 atom stereocenters. The molecule has 0 saturated carbocycles. The van der Waals surface area contributed by atoms with Gasteiger partial charge in [0, 0.05) is 37.2 Å². The molecule has 1 unspecified atom stereocenters. The fourth-order valence-corrected chi connectivity index (χ4v) is 3.61. The minimum Gasteiger partial charge on any atom is -0.496 e. The van der Waals surface area contributed by atoms with E-state index >= 15 is 0 Å². The van der Waals surface area contributed by atoms with Crippen molar-refractivity contribution >= 4 is 17.9 Å². The molecule has 28 heavy (non-hydrogen) atoms. The molecule has 1 aromatic carbocycles. The first-order valence-electron chi connectivity index (χ1n) is 9.04. The molecule has 2 fully saturated rings. The maximum Gasteiger partial charge on any atom is 0.417 e. The van der Waals surface area contributed by atoms with E-state index in [2.05, 4.69) is 0 Å². The number of imide groups is 1. The molecule has 9 nitrogen and oxygen atoms in total. The Morgan fingerprint density at radius 1 is 1.14 bits per heavy atom. The Kier molecular flexibility index (Phi) is 5.91. The Hall–Kier alpha value is -2.97. The summed E-state index contributed by atoms with van der Waals surface area (Å²) < 4.78 is 20.8. The van der Waals surface area contributed by atoms with Crippen molar-refractivity contribution in [2.45, 2.75) is 25.3 Å². The molecular weight excluding hydrogens is 368 g/mol. The lowest BCUT2D eigenvalue weighted by molar-refractivity contribution is -0.131. The van der Waals surface area contributed by atoms with Gasteiger partial charge < -0.3 is 23.8 Å². The Morgan fingerprint density at radius 3 is 2.36 bits per heavy atom. The minimum atomic E-state index is -0.628. The second kappa shape index (κ2) is 8.37. The van der Waals surface area contributed by atoms with E-state index in [0.29, 0.717) is 43.2 Å². The van der Waals surface area contributed by atoms with Gasteiger partial charge >= 0.3 is 6.09 Å². The van der Waals surface area contributed by atoms with Crippen molar-refractivity contribution in [2.24, 2.45) is 0 Å². The average Bonchev–Trinajstić information content (AvgIpc) is 3.31. The van der Waals surface area contributed by atoms with Gasteiger partial charge in [-0.2, -0.15) is 0 Å². The number of nitrogens with zero attached hydrogens (tertiary/aromatic N) is 2. The number of likely N-dealkylation sites (tertiary alicyclic amines) is 1. The summed E-state index contributed by atoms with van der Waals surface area (Å²) in [6.45, 7) is 0.605. The zero-order valence-electron chi connectivity index (χ0n) is 16.2. The minimum absolute atomic E-state index is 0.0533.